The van der Waals surface area contributed by atoms with Gasteiger partial charge in [0.25, 0.3) is 0 Å². The maximum Gasteiger partial charge on any atom is 0.345 e. The lowest BCUT2D eigenvalue weighted by molar-refractivity contribution is 0.0625. The lowest BCUT2D eigenvalue weighted by Crippen LogP contribution is -2.40. The summed E-state index contributed by atoms with van der Waals surface area (Å²) < 4.78 is 8.89. The van der Waals surface area contributed by atoms with Gasteiger partial charge < -0.3 is 15.0 Å². The fraction of sp³-hybridized carbons (Fsp3) is 0.842. The standard InChI is InChI=1S/C19H34N6O2/c1-20-18(23(2)13-7-16-8-14-27-15-9-16)21-10-5-12-25-19(26)24-11-4-3-6-17(24)22-25/h16H,3-15H2,1-2H3,(H,20,21). The Hall–Kier alpha value is -1.83. The normalized spacial score (nSPS) is 18.4. The Bertz CT molecular complexity index is 674. The van der Waals surface area contributed by atoms with Crippen molar-refractivity contribution in [2.45, 2.75) is 58.0 Å². The van der Waals surface area contributed by atoms with Crippen LogP contribution in [0.25, 0.3) is 0 Å². The fourth-order valence-electron chi connectivity index (χ4n) is 3.93. The van der Waals surface area contributed by atoms with E-state index in [0.717, 1.165) is 76.2 Å². The molecule has 0 radical (unpaired) electrons. The molecule has 1 fully saturated rings. The summed E-state index contributed by atoms with van der Waals surface area (Å²) in [6.07, 6.45) is 7.50. The van der Waals surface area contributed by atoms with Crippen LogP contribution in [-0.4, -0.2) is 65.6 Å². The highest BCUT2D eigenvalue weighted by Gasteiger charge is 2.17. The molecule has 0 saturated carbocycles. The van der Waals surface area contributed by atoms with Crippen LogP contribution in [-0.2, 0) is 24.2 Å². The lowest BCUT2D eigenvalue weighted by atomic mass is 9.96. The fourth-order valence-corrected chi connectivity index (χ4v) is 3.93. The number of nitrogens with zero attached hydrogens (tertiary/aromatic N) is 5. The summed E-state index contributed by atoms with van der Waals surface area (Å²) >= 11 is 0. The first-order valence-electron chi connectivity index (χ1n) is 10.3. The average molecular weight is 379 g/mol. The molecule has 8 heteroatoms. The van der Waals surface area contributed by atoms with E-state index in [1.807, 2.05) is 11.6 Å². The van der Waals surface area contributed by atoms with Crippen LogP contribution in [0.5, 0.6) is 0 Å². The number of guanidine groups is 1. The Balaban J connectivity index is 1.39. The van der Waals surface area contributed by atoms with Gasteiger partial charge in [-0.3, -0.25) is 9.56 Å². The summed E-state index contributed by atoms with van der Waals surface area (Å²) in [4.78, 5) is 18.9. The van der Waals surface area contributed by atoms with E-state index in [1.165, 1.54) is 19.3 Å². The molecule has 1 N–H and O–H groups in total. The smallest absolute Gasteiger partial charge is 0.345 e. The zero-order chi connectivity index (χ0) is 19.1. The van der Waals surface area contributed by atoms with E-state index in [-0.39, 0.29) is 5.69 Å². The van der Waals surface area contributed by atoms with Crippen LogP contribution in [0.4, 0.5) is 0 Å². The molecule has 2 aliphatic heterocycles. The molecule has 0 amide bonds. The Morgan fingerprint density at radius 1 is 1.37 bits per heavy atom. The number of ether oxygens (including phenoxy) is 1. The summed E-state index contributed by atoms with van der Waals surface area (Å²) in [5, 5.41) is 7.90. The molecular weight excluding hydrogens is 344 g/mol. The SMILES string of the molecule is CN=C(NCCCn1nc2n(c1=O)CCCC2)N(C)CCC1CCOCC1. The zero-order valence-corrected chi connectivity index (χ0v) is 16.8. The minimum absolute atomic E-state index is 0.0441. The van der Waals surface area contributed by atoms with Crippen LogP contribution in [0.1, 0.15) is 44.3 Å². The Morgan fingerprint density at radius 3 is 2.93 bits per heavy atom. The van der Waals surface area contributed by atoms with Crippen molar-refractivity contribution in [2.24, 2.45) is 10.9 Å². The summed E-state index contributed by atoms with van der Waals surface area (Å²) in [7, 11) is 3.91. The van der Waals surface area contributed by atoms with Gasteiger partial charge in [-0.1, -0.05) is 0 Å². The number of hydrogen-bond donors (Lipinski definition) is 1. The maximum atomic E-state index is 12.3. The molecular formula is C19H34N6O2. The Kier molecular flexibility index (Phi) is 7.32. The van der Waals surface area contributed by atoms with Crippen molar-refractivity contribution in [3.63, 3.8) is 0 Å². The molecule has 0 aromatic carbocycles. The van der Waals surface area contributed by atoms with Crippen molar-refractivity contribution in [3.8, 4) is 0 Å². The average Bonchev–Trinajstić information content (AvgIpc) is 3.03. The number of fused-ring (bicyclic) bond motifs is 1. The molecule has 0 bridgehead atoms. The van der Waals surface area contributed by atoms with Crippen LogP contribution in [0.2, 0.25) is 0 Å². The zero-order valence-electron chi connectivity index (χ0n) is 16.8. The second-order valence-corrected chi connectivity index (χ2v) is 7.62. The van der Waals surface area contributed by atoms with Gasteiger partial charge in [-0.05, 0) is 44.4 Å². The minimum Gasteiger partial charge on any atom is -0.381 e. The number of nitrogens with one attached hydrogen (secondary N) is 1. The number of hydrogen-bond acceptors (Lipinski definition) is 4. The molecule has 27 heavy (non-hydrogen) atoms. The van der Waals surface area contributed by atoms with Gasteiger partial charge in [0.05, 0.1) is 0 Å². The van der Waals surface area contributed by atoms with Crippen LogP contribution >= 0.6 is 0 Å². The van der Waals surface area contributed by atoms with Gasteiger partial charge in [0.1, 0.15) is 5.82 Å². The molecule has 0 spiro atoms. The van der Waals surface area contributed by atoms with E-state index in [2.05, 4.69) is 27.4 Å². The molecule has 8 nitrogen and oxygen atoms in total. The summed E-state index contributed by atoms with van der Waals surface area (Å²) in [5.41, 5.74) is 0.0441. The topological polar surface area (TPSA) is 76.7 Å². The van der Waals surface area contributed by atoms with Crippen molar-refractivity contribution < 1.29 is 4.74 Å². The molecule has 1 aromatic rings. The van der Waals surface area contributed by atoms with Crippen LogP contribution < -0.4 is 11.0 Å². The van der Waals surface area contributed by atoms with Crippen molar-refractivity contribution in [1.29, 1.82) is 0 Å². The molecule has 3 rings (SSSR count). The third-order valence-electron chi connectivity index (χ3n) is 5.65. The monoisotopic (exact) mass is 378 g/mol. The molecule has 0 aliphatic carbocycles. The van der Waals surface area contributed by atoms with Crippen LogP contribution in [0, 0.1) is 5.92 Å². The maximum absolute atomic E-state index is 12.3. The number of aliphatic imine (C=N–C) groups is 1. The number of aryl methyl sites for hydroxylation is 2. The van der Waals surface area contributed by atoms with Gasteiger partial charge in [-0.15, -0.1) is 0 Å². The first kappa shape index (κ1) is 19.9. The van der Waals surface area contributed by atoms with E-state index in [0.29, 0.717) is 6.54 Å². The molecule has 1 saturated heterocycles. The highest BCUT2D eigenvalue weighted by Crippen LogP contribution is 2.18. The first-order valence-corrected chi connectivity index (χ1v) is 10.3. The first-order chi connectivity index (χ1) is 13.2. The van der Waals surface area contributed by atoms with Gasteiger partial charge in [0.15, 0.2) is 5.96 Å². The summed E-state index contributed by atoms with van der Waals surface area (Å²) in [6.45, 7) is 5.04. The van der Waals surface area contributed by atoms with Crippen molar-refractivity contribution in [3.05, 3.63) is 16.3 Å². The quantitative estimate of drug-likeness (QED) is 0.437. The minimum atomic E-state index is 0.0441. The molecule has 152 valence electrons. The third kappa shape index (κ3) is 5.34. The predicted octanol–water partition coefficient (Wildman–Crippen LogP) is 1.10. The van der Waals surface area contributed by atoms with E-state index >= 15 is 0 Å². The van der Waals surface area contributed by atoms with Crippen LogP contribution in [0.15, 0.2) is 9.79 Å². The van der Waals surface area contributed by atoms with E-state index in [1.54, 1.807) is 4.68 Å². The second-order valence-electron chi connectivity index (χ2n) is 7.62. The van der Waals surface area contributed by atoms with Crippen molar-refractivity contribution >= 4 is 5.96 Å². The van der Waals surface area contributed by atoms with Crippen molar-refractivity contribution in [2.75, 3.05) is 40.4 Å². The van der Waals surface area contributed by atoms with E-state index in [4.69, 9.17) is 4.74 Å². The highest BCUT2D eigenvalue weighted by atomic mass is 16.5. The van der Waals surface area contributed by atoms with Gasteiger partial charge in [-0.2, -0.15) is 5.10 Å². The van der Waals surface area contributed by atoms with Gasteiger partial charge in [0.2, 0.25) is 0 Å². The molecule has 0 unspecified atom stereocenters. The predicted molar refractivity (Wildman–Crippen MR) is 106 cm³/mol. The van der Waals surface area contributed by atoms with Gasteiger partial charge >= 0.3 is 5.69 Å². The lowest BCUT2D eigenvalue weighted by Gasteiger charge is -2.26. The molecule has 2 aliphatic rings. The Labute approximate surface area is 161 Å². The van der Waals surface area contributed by atoms with Gasteiger partial charge in [0, 0.05) is 59.9 Å². The van der Waals surface area contributed by atoms with E-state index < -0.39 is 0 Å². The third-order valence-corrected chi connectivity index (χ3v) is 5.65. The summed E-state index contributed by atoms with van der Waals surface area (Å²) in [5.74, 6) is 2.62. The largest absolute Gasteiger partial charge is 0.381 e. The summed E-state index contributed by atoms with van der Waals surface area (Å²) in [6, 6.07) is 0. The molecule has 1 aromatic heterocycles. The number of rotatable bonds is 7. The Morgan fingerprint density at radius 2 is 2.19 bits per heavy atom. The molecule has 0 atom stereocenters. The number of aromatic nitrogens is 3. The second kappa shape index (κ2) is 9.92. The van der Waals surface area contributed by atoms with Crippen LogP contribution in [0.3, 0.4) is 0 Å². The van der Waals surface area contributed by atoms with Crippen molar-refractivity contribution in [1.82, 2.24) is 24.6 Å². The molecule has 3 heterocycles. The highest BCUT2D eigenvalue weighted by molar-refractivity contribution is 5.79. The van der Waals surface area contributed by atoms with E-state index in [9.17, 15) is 4.79 Å². The van der Waals surface area contributed by atoms with Gasteiger partial charge in [-0.25, -0.2) is 9.48 Å².